The number of para-hydroxylation sites is 1. The highest BCUT2D eigenvalue weighted by atomic mass is 19.1. The number of methoxy groups -OCH3 is 1. The second-order valence-corrected chi connectivity index (χ2v) is 10.9. The molecule has 0 spiro atoms. The summed E-state index contributed by atoms with van der Waals surface area (Å²) in [5.41, 5.74) is 1.61. The lowest BCUT2D eigenvalue weighted by molar-refractivity contribution is -0.125. The number of likely N-dealkylation sites (N-methyl/N-ethyl adjacent to an activating group) is 1. The van der Waals surface area contributed by atoms with Crippen LogP contribution in [0.5, 0.6) is 17.2 Å². The van der Waals surface area contributed by atoms with E-state index in [1.54, 1.807) is 30.3 Å². The smallest absolute Gasteiger partial charge is 0.295 e. The molecule has 1 atom stereocenters. The van der Waals surface area contributed by atoms with E-state index in [1.165, 1.54) is 28.8 Å². The number of nitrogens with zero attached hydrogens (tertiary/aromatic N) is 6. The maximum Gasteiger partial charge on any atom is 0.295 e. The van der Waals surface area contributed by atoms with Gasteiger partial charge in [-0.2, -0.15) is 4.98 Å². The van der Waals surface area contributed by atoms with Crippen molar-refractivity contribution < 1.29 is 18.7 Å². The van der Waals surface area contributed by atoms with E-state index in [2.05, 4.69) is 33.7 Å². The number of rotatable bonds is 8. The maximum atomic E-state index is 14.4. The molecule has 0 radical (unpaired) electrons. The van der Waals surface area contributed by atoms with Crippen LogP contribution in [0.1, 0.15) is 12.5 Å². The molecule has 1 N–H and O–H groups in total. The predicted molar refractivity (Wildman–Crippen MR) is 167 cm³/mol. The van der Waals surface area contributed by atoms with Gasteiger partial charge in [0, 0.05) is 62.6 Å². The summed E-state index contributed by atoms with van der Waals surface area (Å²) in [6.07, 6.45) is 3.36. The van der Waals surface area contributed by atoms with Gasteiger partial charge in [-0.3, -0.25) is 14.2 Å². The van der Waals surface area contributed by atoms with Crippen molar-refractivity contribution in [3.8, 4) is 17.2 Å². The summed E-state index contributed by atoms with van der Waals surface area (Å²) < 4.78 is 27.4. The molecule has 6 rings (SSSR count). The van der Waals surface area contributed by atoms with Crippen molar-refractivity contribution in [3.05, 3.63) is 83.6 Å². The summed E-state index contributed by atoms with van der Waals surface area (Å²) in [6.45, 7) is 8.16. The summed E-state index contributed by atoms with van der Waals surface area (Å²) in [6, 6.07) is 12.9. The Kier molecular flexibility index (Phi) is 8.16. The molecule has 0 bridgehead atoms. The number of likely N-dealkylation sites (tertiary alicyclic amines) is 1. The minimum atomic E-state index is -0.592. The third-order valence-electron chi connectivity index (χ3n) is 8.11. The normalized spacial score (nSPS) is 17.1. The van der Waals surface area contributed by atoms with Gasteiger partial charge in [-0.15, -0.1) is 0 Å². The van der Waals surface area contributed by atoms with Crippen molar-refractivity contribution in [2.24, 2.45) is 0 Å². The number of fused-ring (bicyclic) bond motifs is 1. The van der Waals surface area contributed by atoms with Gasteiger partial charge >= 0.3 is 0 Å². The number of nitrogens with one attached hydrogen (secondary N) is 1. The van der Waals surface area contributed by atoms with Gasteiger partial charge in [-0.05, 0) is 49.9 Å². The van der Waals surface area contributed by atoms with Crippen LogP contribution in [-0.4, -0.2) is 83.7 Å². The Balaban J connectivity index is 1.37. The Morgan fingerprint density at radius 3 is 2.61 bits per heavy atom. The number of carbonyl (C=O) groups is 1. The number of hydrogen-bond acceptors (Lipinski definition) is 9. The van der Waals surface area contributed by atoms with Gasteiger partial charge in [0.05, 0.1) is 18.8 Å². The van der Waals surface area contributed by atoms with E-state index < -0.39 is 17.4 Å². The number of ether oxygens (including phenoxy) is 2. The second-order valence-electron chi connectivity index (χ2n) is 10.9. The fourth-order valence-corrected chi connectivity index (χ4v) is 5.66. The zero-order valence-electron chi connectivity index (χ0n) is 24.7. The van der Waals surface area contributed by atoms with Crippen LogP contribution in [0, 0.1) is 5.82 Å². The topological polar surface area (TPSA) is 105 Å². The van der Waals surface area contributed by atoms with E-state index in [1.807, 2.05) is 18.2 Å². The molecule has 2 aromatic heterocycles. The first-order chi connectivity index (χ1) is 21.3. The summed E-state index contributed by atoms with van der Waals surface area (Å²) in [5, 5.41) is 3.76. The van der Waals surface area contributed by atoms with Crippen molar-refractivity contribution in [1.82, 2.24) is 24.3 Å². The summed E-state index contributed by atoms with van der Waals surface area (Å²) in [7, 11) is 3.73. The van der Waals surface area contributed by atoms with Crippen molar-refractivity contribution in [3.63, 3.8) is 0 Å². The fourth-order valence-electron chi connectivity index (χ4n) is 5.66. The zero-order chi connectivity index (χ0) is 30.8. The van der Waals surface area contributed by atoms with Crippen molar-refractivity contribution in [2.45, 2.75) is 12.5 Å². The highest BCUT2D eigenvalue weighted by Crippen LogP contribution is 2.33. The number of anilines is 3. The Labute approximate surface area is 254 Å². The Bertz CT molecular complexity index is 1770. The van der Waals surface area contributed by atoms with Crippen molar-refractivity contribution in [2.75, 3.05) is 63.6 Å². The molecular formula is C32H34FN7O4. The third kappa shape index (κ3) is 5.80. The molecule has 0 unspecified atom stereocenters. The van der Waals surface area contributed by atoms with Crippen LogP contribution in [0.4, 0.5) is 21.7 Å². The SMILES string of the molecule is C=CC(=O)N1CC[C@H](n2c(=O)c(Oc3ccccc3F)cc3cnc(Nc4ccc(N5CCN(C)CC5)cc4OC)nc32)C1. The lowest BCUT2D eigenvalue weighted by Crippen LogP contribution is -2.44. The first-order valence-corrected chi connectivity index (χ1v) is 14.5. The van der Waals surface area contributed by atoms with E-state index in [0.717, 1.165) is 31.9 Å². The number of hydrogen-bond donors (Lipinski definition) is 1. The monoisotopic (exact) mass is 599 g/mol. The van der Waals surface area contributed by atoms with E-state index in [0.29, 0.717) is 35.4 Å². The number of amides is 1. The molecule has 2 aromatic carbocycles. The van der Waals surface area contributed by atoms with Crippen LogP contribution < -0.4 is 25.2 Å². The van der Waals surface area contributed by atoms with E-state index in [4.69, 9.17) is 14.5 Å². The molecule has 4 aromatic rings. The van der Waals surface area contributed by atoms with Crippen LogP contribution in [0.2, 0.25) is 0 Å². The number of halogens is 1. The molecule has 1 amide bonds. The Morgan fingerprint density at radius 2 is 1.86 bits per heavy atom. The minimum absolute atomic E-state index is 0.0680. The first-order valence-electron chi connectivity index (χ1n) is 14.5. The van der Waals surface area contributed by atoms with Crippen LogP contribution in [0.15, 0.2) is 72.2 Å². The Hall–Kier alpha value is -4.97. The molecule has 4 heterocycles. The molecule has 2 aliphatic rings. The molecule has 2 fully saturated rings. The van der Waals surface area contributed by atoms with E-state index in [9.17, 15) is 14.0 Å². The predicted octanol–water partition coefficient (Wildman–Crippen LogP) is 4.19. The van der Waals surface area contributed by atoms with Crippen LogP contribution >= 0.6 is 0 Å². The average molecular weight is 600 g/mol. The molecule has 2 aliphatic heterocycles. The van der Waals surface area contributed by atoms with Gasteiger partial charge in [0.25, 0.3) is 5.56 Å². The van der Waals surface area contributed by atoms with Gasteiger partial charge in [0.1, 0.15) is 11.4 Å². The van der Waals surface area contributed by atoms with Gasteiger partial charge in [-0.1, -0.05) is 18.7 Å². The lowest BCUT2D eigenvalue weighted by Gasteiger charge is -2.34. The second kappa shape index (κ2) is 12.3. The van der Waals surface area contributed by atoms with Gasteiger partial charge < -0.3 is 29.5 Å². The highest BCUT2D eigenvalue weighted by Gasteiger charge is 2.30. The molecule has 44 heavy (non-hydrogen) atoms. The standard InChI is InChI=1S/C32H34FN7O4/c1-4-29(41)39-12-11-23(20-39)40-30-21(17-28(31(40)42)44-26-8-6-5-7-24(26)33)19-34-32(36-30)35-25-10-9-22(18-27(25)43-3)38-15-13-37(2)14-16-38/h4-10,17-19,23H,1,11-16,20H2,2-3H3,(H,34,35,36)/t23-/m0/s1. The van der Waals surface area contributed by atoms with Gasteiger partial charge in [-0.25, -0.2) is 9.37 Å². The summed E-state index contributed by atoms with van der Waals surface area (Å²) >= 11 is 0. The Morgan fingerprint density at radius 1 is 1.07 bits per heavy atom. The molecular weight excluding hydrogens is 565 g/mol. The molecule has 12 heteroatoms. The molecule has 11 nitrogen and oxygen atoms in total. The van der Waals surface area contributed by atoms with Crippen molar-refractivity contribution in [1.29, 1.82) is 0 Å². The third-order valence-corrected chi connectivity index (χ3v) is 8.11. The molecule has 0 saturated carbocycles. The number of pyridine rings is 1. The highest BCUT2D eigenvalue weighted by molar-refractivity contribution is 5.87. The van der Waals surface area contributed by atoms with Gasteiger partial charge in [0.2, 0.25) is 11.9 Å². The van der Waals surface area contributed by atoms with Crippen LogP contribution in [0.25, 0.3) is 11.0 Å². The van der Waals surface area contributed by atoms with E-state index >= 15 is 0 Å². The summed E-state index contributed by atoms with van der Waals surface area (Å²) in [4.78, 5) is 41.7. The first kappa shape index (κ1) is 29.1. The molecule has 2 saturated heterocycles. The zero-order valence-corrected chi connectivity index (χ0v) is 24.7. The number of carbonyl (C=O) groups excluding carboxylic acids is 1. The summed E-state index contributed by atoms with van der Waals surface area (Å²) in [5.74, 6) is -0.0573. The lowest BCUT2D eigenvalue weighted by atomic mass is 10.2. The maximum absolute atomic E-state index is 14.4. The minimum Gasteiger partial charge on any atom is -0.494 e. The number of benzene rings is 2. The number of piperazine rings is 1. The molecule has 228 valence electrons. The van der Waals surface area contributed by atoms with Gasteiger partial charge in [0.15, 0.2) is 17.3 Å². The average Bonchev–Trinajstić information content (AvgIpc) is 3.52. The van der Waals surface area contributed by atoms with Crippen LogP contribution in [-0.2, 0) is 4.79 Å². The largest absolute Gasteiger partial charge is 0.494 e. The fraction of sp³-hybridized carbons (Fsp3) is 0.312. The van der Waals surface area contributed by atoms with Crippen LogP contribution in [0.3, 0.4) is 0 Å². The van der Waals surface area contributed by atoms with Crippen molar-refractivity contribution >= 4 is 34.3 Å². The van der Waals surface area contributed by atoms with E-state index in [-0.39, 0.29) is 29.9 Å². The quantitative estimate of drug-likeness (QED) is 0.299. The molecule has 0 aliphatic carbocycles. The number of aromatic nitrogens is 3.